The third kappa shape index (κ3) is 6.40. The lowest BCUT2D eigenvalue weighted by atomic mass is 9.97. The van der Waals surface area contributed by atoms with Gasteiger partial charge in [-0.2, -0.15) is 5.10 Å². The van der Waals surface area contributed by atoms with Crippen molar-refractivity contribution in [2.45, 2.75) is 31.8 Å². The van der Waals surface area contributed by atoms with Crippen LogP contribution in [0.4, 0.5) is 0 Å². The molecular formula is C20H30Cl2N6O. The van der Waals surface area contributed by atoms with Crippen molar-refractivity contribution in [3.8, 4) is 0 Å². The second-order valence-electron chi connectivity index (χ2n) is 7.46. The molecule has 0 saturated carbocycles. The summed E-state index contributed by atoms with van der Waals surface area (Å²) >= 11 is 0. The Kier molecular flexibility index (Phi) is 9.36. The van der Waals surface area contributed by atoms with E-state index >= 15 is 0 Å². The summed E-state index contributed by atoms with van der Waals surface area (Å²) in [6, 6.07) is 8.07. The first-order valence-corrected chi connectivity index (χ1v) is 9.92. The predicted octanol–water partition coefficient (Wildman–Crippen LogP) is 1.93. The zero-order valence-corrected chi connectivity index (χ0v) is 18.2. The third-order valence-electron chi connectivity index (χ3n) is 5.51. The number of piperazine rings is 1. The van der Waals surface area contributed by atoms with Crippen molar-refractivity contribution >= 4 is 30.7 Å². The van der Waals surface area contributed by atoms with Crippen molar-refractivity contribution in [3.05, 3.63) is 48.0 Å². The van der Waals surface area contributed by atoms with E-state index in [1.807, 2.05) is 29.4 Å². The fourth-order valence-electron chi connectivity index (χ4n) is 3.90. The van der Waals surface area contributed by atoms with Crippen LogP contribution in [-0.2, 0) is 17.9 Å². The maximum Gasteiger partial charge on any atom is 0.244 e. The van der Waals surface area contributed by atoms with E-state index in [4.69, 9.17) is 0 Å². The van der Waals surface area contributed by atoms with E-state index in [0.29, 0.717) is 12.5 Å². The maximum absolute atomic E-state index is 12.6. The molecular weight excluding hydrogens is 411 g/mol. The van der Waals surface area contributed by atoms with Gasteiger partial charge < -0.3 is 10.2 Å². The first kappa shape index (κ1) is 23.6. The van der Waals surface area contributed by atoms with Gasteiger partial charge in [-0.15, -0.1) is 24.8 Å². The van der Waals surface area contributed by atoms with Gasteiger partial charge in [0.25, 0.3) is 0 Å². The Labute approximate surface area is 184 Å². The normalized spacial score (nSPS) is 19.9. The largest absolute Gasteiger partial charge is 0.339 e. The van der Waals surface area contributed by atoms with E-state index in [1.54, 1.807) is 4.68 Å². The molecule has 9 heteroatoms. The Balaban J connectivity index is 0.00000150. The molecule has 4 rings (SSSR count). The molecule has 0 aliphatic carbocycles. The number of nitrogens with one attached hydrogen (secondary N) is 1. The molecule has 2 aliphatic heterocycles. The summed E-state index contributed by atoms with van der Waals surface area (Å²) in [4.78, 5) is 21.3. The molecule has 7 nitrogen and oxygen atoms in total. The summed E-state index contributed by atoms with van der Waals surface area (Å²) in [6.45, 7) is 6.59. The lowest BCUT2D eigenvalue weighted by Gasteiger charge is -2.34. The van der Waals surface area contributed by atoms with Crippen LogP contribution >= 0.6 is 24.8 Å². The molecule has 4 heterocycles. The first-order valence-electron chi connectivity index (χ1n) is 9.92. The fourth-order valence-corrected chi connectivity index (χ4v) is 3.90. The van der Waals surface area contributed by atoms with Crippen LogP contribution in [0.25, 0.3) is 0 Å². The minimum Gasteiger partial charge on any atom is -0.339 e. The van der Waals surface area contributed by atoms with Gasteiger partial charge >= 0.3 is 0 Å². The SMILES string of the molecule is Cl.Cl.O=C(Cn1ccc(C2CCCNC2)n1)N1CCN(Cc2ccccn2)CC1. The van der Waals surface area contributed by atoms with Crippen molar-refractivity contribution in [3.63, 3.8) is 0 Å². The second kappa shape index (κ2) is 11.5. The number of rotatable bonds is 5. The molecule has 1 atom stereocenters. The number of carbonyl (C=O) groups excluding carboxylic acids is 1. The smallest absolute Gasteiger partial charge is 0.244 e. The van der Waals surface area contributed by atoms with Crippen molar-refractivity contribution in [2.75, 3.05) is 39.3 Å². The van der Waals surface area contributed by atoms with Gasteiger partial charge in [-0.25, -0.2) is 0 Å². The summed E-state index contributed by atoms with van der Waals surface area (Å²) in [6.07, 6.45) is 6.14. The van der Waals surface area contributed by atoms with Crippen molar-refractivity contribution in [1.29, 1.82) is 0 Å². The first-order chi connectivity index (χ1) is 13.3. The van der Waals surface area contributed by atoms with Gasteiger partial charge in [0.15, 0.2) is 0 Å². The minimum atomic E-state index is 0. The van der Waals surface area contributed by atoms with E-state index in [9.17, 15) is 4.79 Å². The van der Waals surface area contributed by atoms with Crippen LogP contribution in [-0.4, -0.2) is 69.7 Å². The van der Waals surface area contributed by atoms with Gasteiger partial charge in [0, 0.05) is 57.6 Å². The monoisotopic (exact) mass is 440 g/mol. The number of hydrogen-bond donors (Lipinski definition) is 1. The molecule has 2 saturated heterocycles. The van der Waals surface area contributed by atoms with Crippen LogP contribution in [0, 0.1) is 0 Å². The Hall–Kier alpha value is -1.67. The van der Waals surface area contributed by atoms with Crippen LogP contribution in [0.5, 0.6) is 0 Å². The number of piperidine rings is 1. The molecule has 2 aromatic heterocycles. The van der Waals surface area contributed by atoms with E-state index in [-0.39, 0.29) is 30.7 Å². The van der Waals surface area contributed by atoms with Gasteiger partial charge in [0.05, 0.1) is 11.4 Å². The van der Waals surface area contributed by atoms with Crippen molar-refractivity contribution in [2.24, 2.45) is 0 Å². The molecule has 2 aromatic rings. The van der Waals surface area contributed by atoms with Crippen LogP contribution in [0.15, 0.2) is 36.7 Å². The van der Waals surface area contributed by atoms with E-state index in [0.717, 1.165) is 57.2 Å². The Morgan fingerprint density at radius 3 is 2.66 bits per heavy atom. The highest BCUT2D eigenvalue weighted by molar-refractivity contribution is 5.85. The molecule has 1 unspecified atom stereocenters. The molecule has 29 heavy (non-hydrogen) atoms. The fraction of sp³-hybridized carbons (Fsp3) is 0.550. The van der Waals surface area contributed by atoms with Crippen LogP contribution in [0.3, 0.4) is 0 Å². The minimum absolute atomic E-state index is 0. The number of nitrogens with zero attached hydrogens (tertiary/aromatic N) is 5. The molecule has 1 amide bonds. The molecule has 2 aliphatic rings. The molecule has 0 radical (unpaired) electrons. The summed E-state index contributed by atoms with van der Waals surface area (Å²) < 4.78 is 1.80. The summed E-state index contributed by atoms with van der Waals surface area (Å²) in [5.74, 6) is 0.633. The van der Waals surface area contributed by atoms with E-state index < -0.39 is 0 Å². The number of hydrogen-bond acceptors (Lipinski definition) is 5. The highest BCUT2D eigenvalue weighted by Crippen LogP contribution is 2.21. The van der Waals surface area contributed by atoms with Gasteiger partial charge in [0.1, 0.15) is 6.54 Å². The van der Waals surface area contributed by atoms with Crippen LogP contribution in [0.1, 0.15) is 30.1 Å². The zero-order chi connectivity index (χ0) is 18.5. The quantitative estimate of drug-likeness (QED) is 0.769. The van der Waals surface area contributed by atoms with E-state index in [1.165, 1.54) is 12.8 Å². The summed E-state index contributed by atoms with van der Waals surface area (Å²) in [5.41, 5.74) is 2.19. The van der Waals surface area contributed by atoms with Gasteiger partial charge in [-0.05, 0) is 37.6 Å². The van der Waals surface area contributed by atoms with Crippen molar-refractivity contribution < 1.29 is 4.79 Å². The van der Waals surface area contributed by atoms with Crippen molar-refractivity contribution in [1.82, 2.24) is 29.9 Å². The number of amides is 1. The average Bonchev–Trinajstić information content (AvgIpc) is 3.18. The predicted molar refractivity (Wildman–Crippen MR) is 118 cm³/mol. The van der Waals surface area contributed by atoms with Crippen LogP contribution < -0.4 is 5.32 Å². The number of carbonyl (C=O) groups is 1. The standard InChI is InChI=1S/C20H28N6O.2ClH/c27-20(16-26-9-6-19(23-26)17-4-3-7-21-14-17)25-12-10-24(11-13-25)15-18-5-1-2-8-22-18;;/h1-2,5-6,8-9,17,21H,3-4,7,10-16H2;2*1H. The maximum atomic E-state index is 12.6. The Morgan fingerprint density at radius 2 is 1.97 bits per heavy atom. The lowest BCUT2D eigenvalue weighted by molar-refractivity contribution is -0.133. The molecule has 0 spiro atoms. The van der Waals surface area contributed by atoms with E-state index in [2.05, 4.69) is 32.4 Å². The Bertz CT molecular complexity index is 742. The molecule has 0 aromatic carbocycles. The molecule has 160 valence electrons. The topological polar surface area (TPSA) is 66.3 Å². The highest BCUT2D eigenvalue weighted by Gasteiger charge is 2.22. The summed E-state index contributed by atoms with van der Waals surface area (Å²) in [7, 11) is 0. The van der Waals surface area contributed by atoms with Gasteiger partial charge in [-0.1, -0.05) is 6.07 Å². The van der Waals surface area contributed by atoms with Gasteiger partial charge in [-0.3, -0.25) is 19.4 Å². The zero-order valence-electron chi connectivity index (χ0n) is 16.6. The number of halogens is 2. The number of aromatic nitrogens is 3. The highest BCUT2D eigenvalue weighted by atomic mass is 35.5. The second-order valence-corrected chi connectivity index (χ2v) is 7.46. The van der Waals surface area contributed by atoms with Crippen LogP contribution in [0.2, 0.25) is 0 Å². The van der Waals surface area contributed by atoms with Gasteiger partial charge in [0.2, 0.25) is 5.91 Å². The molecule has 2 fully saturated rings. The number of pyridine rings is 1. The lowest BCUT2D eigenvalue weighted by Crippen LogP contribution is -2.49. The Morgan fingerprint density at radius 1 is 1.14 bits per heavy atom. The average molecular weight is 441 g/mol. The molecule has 1 N–H and O–H groups in total. The molecule has 0 bridgehead atoms. The summed E-state index contributed by atoms with van der Waals surface area (Å²) in [5, 5.41) is 8.07. The third-order valence-corrected chi connectivity index (χ3v) is 5.51.